The number of anilines is 1. The van der Waals surface area contributed by atoms with E-state index in [4.69, 9.17) is 0 Å². The summed E-state index contributed by atoms with van der Waals surface area (Å²) in [5.41, 5.74) is -0.150. The summed E-state index contributed by atoms with van der Waals surface area (Å²) in [6.45, 7) is 0.825. The summed E-state index contributed by atoms with van der Waals surface area (Å²) in [7, 11) is 3.26. The van der Waals surface area contributed by atoms with Gasteiger partial charge in [0.25, 0.3) is 0 Å². The molecule has 1 aromatic heterocycles. The van der Waals surface area contributed by atoms with Crippen LogP contribution in [0.3, 0.4) is 0 Å². The van der Waals surface area contributed by atoms with Crippen LogP contribution < -0.4 is 10.2 Å². The molecule has 94 valence electrons. The molecule has 0 radical (unpaired) electrons. The smallest absolute Gasteiger partial charge is 0.347 e. The number of fused-ring (bicyclic) bond motifs is 1. The lowest BCUT2D eigenvalue weighted by atomic mass is 10.1. The van der Waals surface area contributed by atoms with E-state index in [1.54, 1.807) is 14.1 Å². The van der Waals surface area contributed by atoms with Gasteiger partial charge in [-0.15, -0.1) is 0 Å². The quantitative estimate of drug-likeness (QED) is 0.808. The molecular formula is C10H13F3N4. The van der Waals surface area contributed by atoms with Crippen LogP contribution in [0.25, 0.3) is 0 Å². The van der Waals surface area contributed by atoms with Gasteiger partial charge in [-0.1, -0.05) is 0 Å². The molecule has 0 unspecified atom stereocenters. The van der Waals surface area contributed by atoms with E-state index in [1.165, 1.54) is 4.90 Å². The average Bonchev–Trinajstić information content (AvgIpc) is 2.26. The number of aromatic nitrogens is 2. The lowest BCUT2D eigenvalue weighted by molar-refractivity contribution is -0.142. The molecule has 0 fully saturated rings. The Morgan fingerprint density at radius 2 is 1.94 bits per heavy atom. The third-order valence-corrected chi connectivity index (χ3v) is 2.59. The highest BCUT2D eigenvalue weighted by molar-refractivity contribution is 5.38. The van der Waals surface area contributed by atoms with Gasteiger partial charge in [0.05, 0.1) is 5.69 Å². The molecule has 4 nitrogen and oxygen atoms in total. The van der Waals surface area contributed by atoms with Crippen molar-refractivity contribution >= 4 is 5.95 Å². The van der Waals surface area contributed by atoms with Crippen molar-refractivity contribution < 1.29 is 13.2 Å². The Bertz CT molecular complexity index is 428. The Balaban J connectivity index is 2.58. The SMILES string of the molecule is CN(C)c1nc2c(c(C(F)(F)F)n1)CNCC2. The summed E-state index contributed by atoms with van der Waals surface area (Å²) in [5.74, 6) is 0.109. The Labute approximate surface area is 96.9 Å². The van der Waals surface area contributed by atoms with Crippen molar-refractivity contribution in [1.82, 2.24) is 15.3 Å². The fourth-order valence-corrected chi connectivity index (χ4v) is 1.76. The van der Waals surface area contributed by atoms with E-state index in [0.29, 0.717) is 18.7 Å². The Hall–Kier alpha value is -1.37. The summed E-state index contributed by atoms with van der Waals surface area (Å²) in [4.78, 5) is 9.25. The van der Waals surface area contributed by atoms with Crippen LogP contribution in [0.5, 0.6) is 0 Å². The van der Waals surface area contributed by atoms with Gasteiger partial charge in [-0.25, -0.2) is 9.97 Å². The van der Waals surface area contributed by atoms with Gasteiger partial charge in [-0.3, -0.25) is 0 Å². The van der Waals surface area contributed by atoms with Crippen molar-refractivity contribution in [2.24, 2.45) is 0 Å². The predicted octanol–water partition coefficient (Wildman–Crippen LogP) is 1.21. The van der Waals surface area contributed by atoms with Crippen molar-refractivity contribution in [3.63, 3.8) is 0 Å². The molecule has 0 saturated carbocycles. The van der Waals surface area contributed by atoms with Gasteiger partial charge < -0.3 is 10.2 Å². The van der Waals surface area contributed by atoms with Crippen molar-refractivity contribution in [2.75, 3.05) is 25.5 Å². The third kappa shape index (κ3) is 2.33. The standard InChI is InChI=1S/C10H13F3N4/c1-17(2)9-15-7-3-4-14-5-6(7)8(16-9)10(11,12)13/h14H,3-5H2,1-2H3. The molecule has 2 rings (SSSR count). The minimum atomic E-state index is -4.43. The molecule has 0 atom stereocenters. The highest BCUT2D eigenvalue weighted by atomic mass is 19.4. The van der Waals surface area contributed by atoms with Crippen molar-refractivity contribution in [3.05, 3.63) is 17.0 Å². The lowest BCUT2D eigenvalue weighted by Crippen LogP contribution is -2.30. The molecule has 7 heteroatoms. The first-order chi connectivity index (χ1) is 7.89. The first kappa shape index (κ1) is 12.1. The first-order valence-corrected chi connectivity index (χ1v) is 5.24. The van der Waals surface area contributed by atoms with Gasteiger partial charge in [-0.2, -0.15) is 13.2 Å². The van der Waals surface area contributed by atoms with E-state index in [0.717, 1.165) is 0 Å². The molecule has 0 saturated heterocycles. The van der Waals surface area contributed by atoms with E-state index in [9.17, 15) is 13.2 Å². The topological polar surface area (TPSA) is 41.1 Å². The Morgan fingerprint density at radius 1 is 1.24 bits per heavy atom. The van der Waals surface area contributed by atoms with E-state index in [2.05, 4.69) is 15.3 Å². The van der Waals surface area contributed by atoms with Crippen LogP contribution >= 0.6 is 0 Å². The zero-order valence-corrected chi connectivity index (χ0v) is 9.60. The highest BCUT2D eigenvalue weighted by Crippen LogP contribution is 2.33. The molecule has 0 aliphatic carbocycles. The summed E-state index contributed by atoms with van der Waals surface area (Å²) in [5, 5.41) is 2.91. The molecule has 1 aliphatic heterocycles. The Morgan fingerprint density at radius 3 is 2.53 bits per heavy atom. The number of nitrogens with one attached hydrogen (secondary N) is 1. The van der Waals surface area contributed by atoms with Crippen LogP contribution in [0.1, 0.15) is 17.0 Å². The van der Waals surface area contributed by atoms with Crippen LogP contribution in [0, 0.1) is 0 Å². The van der Waals surface area contributed by atoms with Gasteiger partial charge in [-0.05, 0) is 0 Å². The maximum Gasteiger partial charge on any atom is 0.433 e. The molecular weight excluding hydrogens is 233 g/mol. The first-order valence-electron chi connectivity index (χ1n) is 5.24. The predicted molar refractivity (Wildman–Crippen MR) is 56.8 cm³/mol. The number of alkyl halides is 3. The fraction of sp³-hybridized carbons (Fsp3) is 0.600. The van der Waals surface area contributed by atoms with E-state index >= 15 is 0 Å². The number of nitrogens with zero attached hydrogens (tertiary/aromatic N) is 3. The van der Waals surface area contributed by atoms with Gasteiger partial charge in [0.15, 0.2) is 5.69 Å². The van der Waals surface area contributed by atoms with Gasteiger partial charge in [0, 0.05) is 39.2 Å². The minimum absolute atomic E-state index is 0.109. The van der Waals surface area contributed by atoms with Crippen LogP contribution in [-0.2, 0) is 19.1 Å². The summed E-state index contributed by atoms with van der Waals surface area (Å²) in [6, 6.07) is 0. The maximum absolute atomic E-state index is 12.9. The second kappa shape index (κ2) is 4.14. The molecule has 1 aromatic rings. The van der Waals surface area contributed by atoms with Gasteiger partial charge in [0.1, 0.15) is 0 Å². The van der Waals surface area contributed by atoms with Crippen molar-refractivity contribution in [3.8, 4) is 0 Å². The average molecular weight is 246 g/mol. The van der Waals surface area contributed by atoms with Gasteiger partial charge >= 0.3 is 6.18 Å². The zero-order chi connectivity index (χ0) is 12.6. The molecule has 2 heterocycles. The van der Waals surface area contributed by atoms with Crippen LogP contribution in [0.4, 0.5) is 19.1 Å². The molecule has 17 heavy (non-hydrogen) atoms. The van der Waals surface area contributed by atoms with E-state index in [-0.39, 0.29) is 18.1 Å². The number of hydrogen-bond donors (Lipinski definition) is 1. The summed E-state index contributed by atoms with van der Waals surface area (Å²) >= 11 is 0. The van der Waals surface area contributed by atoms with Crippen LogP contribution in [0.2, 0.25) is 0 Å². The largest absolute Gasteiger partial charge is 0.433 e. The summed E-state index contributed by atoms with van der Waals surface area (Å²) in [6.07, 6.45) is -3.93. The monoisotopic (exact) mass is 246 g/mol. The number of rotatable bonds is 1. The second-order valence-corrected chi connectivity index (χ2v) is 4.12. The van der Waals surface area contributed by atoms with Crippen LogP contribution in [-0.4, -0.2) is 30.6 Å². The van der Waals surface area contributed by atoms with Crippen LogP contribution in [0.15, 0.2) is 0 Å². The maximum atomic E-state index is 12.9. The molecule has 0 bridgehead atoms. The normalized spacial score (nSPS) is 15.6. The fourth-order valence-electron chi connectivity index (χ4n) is 1.76. The molecule has 0 aromatic carbocycles. The Kier molecular flexibility index (Phi) is 2.94. The van der Waals surface area contributed by atoms with Gasteiger partial charge in [0.2, 0.25) is 5.95 Å². The number of hydrogen-bond acceptors (Lipinski definition) is 4. The van der Waals surface area contributed by atoms with Crippen molar-refractivity contribution in [1.29, 1.82) is 0 Å². The van der Waals surface area contributed by atoms with E-state index in [1.807, 2.05) is 0 Å². The lowest BCUT2D eigenvalue weighted by Gasteiger charge is -2.22. The highest BCUT2D eigenvalue weighted by Gasteiger charge is 2.38. The zero-order valence-electron chi connectivity index (χ0n) is 9.60. The minimum Gasteiger partial charge on any atom is -0.347 e. The molecule has 0 amide bonds. The van der Waals surface area contributed by atoms with Crippen molar-refractivity contribution in [2.45, 2.75) is 19.1 Å². The second-order valence-electron chi connectivity index (χ2n) is 4.12. The molecule has 1 aliphatic rings. The molecule has 1 N–H and O–H groups in total. The summed E-state index contributed by atoms with van der Waals surface area (Å²) < 4.78 is 38.6. The third-order valence-electron chi connectivity index (χ3n) is 2.59. The van der Waals surface area contributed by atoms with E-state index < -0.39 is 11.9 Å². The number of halogens is 3. The molecule has 0 spiro atoms.